The van der Waals surface area contributed by atoms with E-state index in [1.165, 1.54) is 32.1 Å². The van der Waals surface area contributed by atoms with E-state index in [1.54, 1.807) is 0 Å². The standard InChI is InChI=1S/C15H31N3O2.HI/c1-2-3-11-19-13-14-20-12-8-17-15(16)18-9-6-4-5-7-10-18;/h2-14H2,1H3,(H2,16,17);1H. The van der Waals surface area contributed by atoms with E-state index in [-0.39, 0.29) is 24.0 Å². The van der Waals surface area contributed by atoms with Crippen molar-refractivity contribution in [3.63, 3.8) is 0 Å². The van der Waals surface area contributed by atoms with Crippen molar-refractivity contribution < 1.29 is 9.47 Å². The number of hydrogen-bond acceptors (Lipinski definition) is 3. The molecule has 0 unspecified atom stereocenters. The van der Waals surface area contributed by atoms with E-state index in [0.717, 1.165) is 26.1 Å². The van der Waals surface area contributed by atoms with Gasteiger partial charge >= 0.3 is 0 Å². The Bertz CT molecular complexity index is 257. The van der Waals surface area contributed by atoms with Crippen LogP contribution in [0.3, 0.4) is 0 Å². The first-order chi connectivity index (χ1) is 9.84. The summed E-state index contributed by atoms with van der Waals surface area (Å²) in [5.41, 5.74) is 6.01. The molecule has 6 heteroatoms. The molecule has 0 aromatic heterocycles. The topological polar surface area (TPSA) is 60.1 Å². The summed E-state index contributed by atoms with van der Waals surface area (Å²) in [6.45, 7) is 7.65. The molecular formula is C15H32IN3O2. The van der Waals surface area contributed by atoms with Crippen LogP contribution in [0.4, 0.5) is 0 Å². The van der Waals surface area contributed by atoms with Crippen molar-refractivity contribution in [2.75, 3.05) is 46.1 Å². The molecule has 1 aliphatic rings. The number of nitrogens with two attached hydrogens (primary N) is 1. The van der Waals surface area contributed by atoms with E-state index in [2.05, 4.69) is 16.8 Å². The minimum absolute atomic E-state index is 0. The Balaban J connectivity index is 0.00000400. The van der Waals surface area contributed by atoms with Crippen LogP contribution in [0.15, 0.2) is 4.99 Å². The molecule has 1 aliphatic heterocycles. The van der Waals surface area contributed by atoms with Gasteiger partial charge in [-0.2, -0.15) is 0 Å². The van der Waals surface area contributed by atoms with E-state index in [4.69, 9.17) is 15.2 Å². The molecular weight excluding hydrogens is 381 g/mol. The summed E-state index contributed by atoms with van der Waals surface area (Å²) >= 11 is 0. The van der Waals surface area contributed by atoms with Crippen LogP contribution in [0.1, 0.15) is 45.4 Å². The lowest BCUT2D eigenvalue weighted by Gasteiger charge is -2.21. The maximum Gasteiger partial charge on any atom is 0.191 e. The Morgan fingerprint density at radius 1 is 1.00 bits per heavy atom. The summed E-state index contributed by atoms with van der Waals surface area (Å²) in [7, 11) is 0. The number of likely N-dealkylation sites (tertiary alicyclic amines) is 1. The van der Waals surface area contributed by atoms with E-state index < -0.39 is 0 Å². The molecule has 1 saturated heterocycles. The number of nitrogens with zero attached hydrogens (tertiary/aromatic N) is 2. The smallest absolute Gasteiger partial charge is 0.191 e. The predicted molar refractivity (Wildman–Crippen MR) is 98.5 cm³/mol. The van der Waals surface area contributed by atoms with Gasteiger partial charge < -0.3 is 20.1 Å². The SMILES string of the molecule is CCCCOCCOCCN=C(N)N1CCCCCC1.I. The molecule has 1 fully saturated rings. The summed E-state index contributed by atoms with van der Waals surface area (Å²) in [4.78, 5) is 6.59. The lowest BCUT2D eigenvalue weighted by molar-refractivity contribution is 0.0497. The van der Waals surface area contributed by atoms with Gasteiger partial charge in [-0.25, -0.2) is 0 Å². The molecule has 0 aromatic carbocycles. The number of aliphatic imine (C=N–C) groups is 1. The van der Waals surface area contributed by atoms with Gasteiger partial charge in [-0.3, -0.25) is 4.99 Å². The Morgan fingerprint density at radius 2 is 1.62 bits per heavy atom. The molecule has 0 radical (unpaired) electrons. The molecule has 0 spiro atoms. The van der Waals surface area contributed by atoms with Crippen molar-refractivity contribution in [3.05, 3.63) is 0 Å². The van der Waals surface area contributed by atoms with E-state index in [9.17, 15) is 0 Å². The van der Waals surface area contributed by atoms with Gasteiger partial charge in [0.2, 0.25) is 0 Å². The minimum atomic E-state index is 0. The fourth-order valence-corrected chi connectivity index (χ4v) is 2.19. The maximum absolute atomic E-state index is 6.01. The summed E-state index contributed by atoms with van der Waals surface area (Å²) < 4.78 is 10.9. The van der Waals surface area contributed by atoms with E-state index >= 15 is 0 Å². The highest BCUT2D eigenvalue weighted by atomic mass is 127. The van der Waals surface area contributed by atoms with Crippen LogP contribution in [0.25, 0.3) is 0 Å². The average Bonchev–Trinajstić information content (AvgIpc) is 2.74. The van der Waals surface area contributed by atoms with Crippen molar-refractivity contribution >= 4 is 29.9 Å². The van der Waals surface area contributed by atoms with Gasteiger partial charge in [-0.1, -0.05) is 26.2 Å². The minimum Gasteiger partial charge on any atom is -0.379 e. The highest BCUT2D eigenvalue weighted by Crippen LogP contribution is 2.08. The maximum atomic E-state index is 6.01. The molecule has 0 aliphatic carbocycles. The van der Waals surface area contributed by atoms with Gasteiger partial charge in [-0.05, 0) is 19.3 Å². The largest absolute Gasteiger partial charge is 0.379 e. The fourth-order valence-electron chi connectivity index (χ4n) is 2.19. The van der Waals surface area contributed by atoms with Gasteiger partial charge in [0, 0.05) is 19.7 Å². The summed E-state index contributed by atoms with van der Waals surface area (Å²) in [5, 5.41) is 0. The number of guanidine groups is 1. The molecule has 5 nitrogen and oxygen atoms in total. The van der Waals surface area contributed by atoms with Crippen LogP contribution < -0.4 is 5.73 Å². The first-order valence-corrected chi connectivity index (χ1v) is 8.05. The zero-order chi connectivity index (χ0) is 14.5. The normalized spacial score (nSPS) is 16.4. The number of ether oxygens (including phenoxy) is 2. The van der Waals surface area contributed by atoms with Gasteiger partial charge in [0.15, 0.2) is 5.96 Å². The average molecular weight is 413 g/mol. The highest BCUT2D eigenvalue weighted by molar-refractivity contribution is 14.0. The van der Waals surface area contributed by atoms with Crippen LogP contribution >= 0.6 is 24.0 Å². The van der Waals surface area contributed by atoms with Crippen molar-refractivity contribution in [3.8, 4) is 0 Å². The van der Waals surface area contributed by atoms with E-state index in [0.29, 0.717) is 32.3 Å². The number of rotatable bonds is 9. The van der Waals surface area contributed by atoms with Crippen LogP contribution in [0, 0.1) is 0 Å². The molecule has 1 heterocycles. The number of unbranched alkanes of at least 4 members (excludes halogenated alkanes) is 1. The Kier molecular flexibility index (Phi) is 14.8. The molecule has 0 aromatic rings. The van der Waals surface area contributed by atoms with Gasteiger partial charge in [0.05, 0.1) is 26.4 Å². The first kappa shape index (κ1) is 20.9. The zero-order valence-electron chi connectivity index (χ0n) is 13.4. The molecule has 1 rings (SSSR count). The van der Waals surface area contributed by atoms with Crippen molar-refractivity contribution in [1.82, 2.24) is 4.90 Å². The second kappa shape index (κ2) is 14.8. The van der Waals surface area contributed by atoms with Crippen LogP contribution in [-0.4, -0.2) is 56.9 Å². The third-order valence-electron chi connectivity index (χ3n) is 3.45. The van der Waals surface area contributed by atoms with Gasteiger partial charge in [-0.15, -0.1) is 24.0 Å². The number of hydrogen-bond donors (Lipinski definition) is 1. The Labute approximate surface area is 146 Å². The fraction of sp³-hybridized carbons (Fsp3) is 0.933. The highest BCUT2D eigenvalue weighted by Gasteiger charge is 2.10. The quantitative estimate of drug-likeness (QED) is 0.273. The van der Waals surface area contributed by atoms with Crippen molar-refractivity contribution in [2.45, 2.75) is 45.4 Å². The van der Waals surface area contributed by atoms with Crippen LogP contribution in [-0.2, 0) is 9.47 Å². The van der Waals surface area contributed by atoms with E-state index in [1.807, 2.05) is 0 Å². The molecule has 126 valence electrons. The Hall–Kier alpha value is -0.0800. The summed E-state index contributed by atoms with van der Waals surface area (Å²) in [6, 6.07) is 0. The van der Waals surface area contributed by atoms with Crippen LogP contribution in [0.2, 0.25) is 0 Å². The number of halogens is 1. The molecule has 0 saturated carbocycles. The predicted octanol–water partition coefficient (Wildman–Crippen LogP) is 2.63. The summed E-state index contributed by atoms with van der Waals surface area (Å²) in [6.07, 6.45) is 7.36. The molecule has 0 amide bonds. The first-order valence-electron chi connectivity index (χ1n) is 8.05. The van der Waals surface area contributed by atoms with Gasteiger partial charge in [0.25, 0.3) is 0 Å². The third kappa shape index (κ3) is 11.2. The third-order valence-corrected chi connectivity index (χ3v) is 3.45. The molecule has 2 N–H and O–H groups in total. The lowest BCUT2D eigenvalue weighted by Crippen LogP contribution is -2.38. The molecule has 21 heavy (non-hydrogen) atoms. The molecule has 0 atom stereocenters. The second-order valence-corrected chi connectivity index (χ2v) is 5.22. The van der Waals surface area contributed by atoms with Gasteiger partial charge in [0.1, 0.15) is 0 Å². The van der Waals surface area contributed by atoms with Crippen LogP contribution in [0.5, 0.6) is 0 Å². The lowest BCUT2D eigenvalue weighted by atomic mass is 10.2. The van der Waals surface area contributed by atoms with Crippen molar-refractivity contribution in [2.24, 2.45) is 10.7 Å². The van der Waals surface area contributed by atoms with Crippen molar-refractivity contribution in [1.29, 1.82) is 0 Å². The zero-order valence-corrected chi connectivity index (χ0v) is 15.7. The second-order valence-electron chi connectivity index (χ2n) is 5.22. The Morgan fingerprint density at radius 3 is 2.24 bits per heavy atom. The monoisotopic (exact) mass is 413 g/mol. The molecule has 0 bridgehead atoms. The summed E-state index contributed by atoms with van der Waals surface area (Å²) in [5.74, 6) is 0.676.